The Bertz CT molecular complexity index is 529. The van der Waals surface area contributed by atoms with Crippen LogP contribution in [0.1, 0.15) is 40.5 Å². The van der Waals surface area contributed by atoms with Gasteiger partial charge in [0.15, 0.2) is 0 Å². The molecule has 0 heterocycles. The van der Waals surface area contributed by atoms with E-state index >= 15 is 0 Å². The molecule has 0 nitrogen and oxygen atoms in total. The molecule has 0 amide bonds. The van der Waals surface area contributed by atoms with Crippen LogP contribution in [-0.4, -0.2) is 0 Å². The molecule has 23 heavy (non-hydrogen) atoms. The second-order valence-corrected chi connectivity index (χ2v) is 9.32. The van der Waals surface area contributed by atoms with Crippen molar-refractivity contribution in [2.75, 3.05) is 0 Å². The van der Waals surface area contributed by atoms with E-state index < -0.39 is 0 Å². The Labute approximate surface area is 142 Å². The van der Waals surface area contributed by atoms with Gasteiger partial charge in [-0.3, -0.25) is 0 Å². The van der Waals surface area contributed by atoms with Gasteiger partial charge in [-0.2, -0.15) is 0 Å². The van der Waals surface area contributed by atoms with Crippen molar-refractivity contribution in [3.05, 3.63) is 48.6 Å². The Hall–Kier alpha value is -1.04. The summed E-state index contributed by atoms with van der Waals surface area (Å²) in [6, 6.07) is 0. The standard InChI is InChI=1S/C23H32/c1-15-13-17(14-16(15)2)23(3,4)22-20-11-7-5-9-18(20)19-10-6-8-12-21(19)22/h5-12,15-22H,13-14H2,1-4H3. The van der Waals surface area contributed by atoms with Gasteiger partial charge >= 0.3 is 0 Å². The molecule has 0 bridgehead atoms. The zero-order valence-electron chi connectivity index (χ0n) is 15.2. The molecule has 0 N–H and O–H groups in total. The van der Waals surface area contributed by atoms with Crippen molar-refractivity contribution in [2.24, 2.45) is 52.8 Å². The van der Waals surface area contributed by atoms with E-state index in [0.717, 1.165) is 35.5 Å². The predicted molar refractivity (Wildman–Crippen MR) is 98.8 cm³/mol. The highest BCUT2D eigenvalue weighted by molar-refractivity contribution is 5.29. The monoisotopic (exact) mass is 308 g/mol. The molecular weight excluding hydrogens is 276 g/mol. The Morgan fingerprint density at radius 1 is 0.652 bits per heavy atom. The molecule has 0 saturated heterocycles. The van der Waals surface area contributed by atoms with Crippen LogP contribution < -0.4 is 0 Å². The summed E-state index contributed by atoms with van der Waals surface area (Å²) >= 11 is 0. The van der Waals surface area contributed by atoms with Crippen molar-refractivity contribution in [3.8, 4) is 0 Å². The smallest absolute Gasteiger partial charge is 0.00954 e. The van der Waals surface area contributed by atoms with Gasteiger partial charge in [0.1, 0.15) is 0 Å². The molecule has 2 fully saturated rings. The maximum atomic E-state index is 2.59. The first kappa shape index (κ1) is 15.5. The molecule has 0 aromatic rings. The minimum absolute atomic E-state index is 0.423. The summed E-state index contributed by atoms with van der Waals surface area (Å²) in [6.07, 6.45) is 22.0. The van der Waals surface area contributed by atoms with Crippen LogP contribution >= 0.6 is 0 Å². The van der Waals surface area contributed by atoms with Crippen molar-refractivity contribution in [2.45, 2.75) is 40.5 Å². The molecule has 0 heteroatoms. The first-order valence-corrected chi connectivity index (χ1v) is 9.70. The molecule has 0 aliphatic heterocycles. The molecule has 0 aromatic heterocycles. The zero-order chi connectivity index (χ0) is 16.2. The molecule has 0 radical (unpaired) electrons. The van der Waals surface area contributed by atoms with Crippen LogP contribution in [-0.2, 0) is 0 Å². The van der Waals surface area contributed by atoms with Gasteiger partial charge in [0.25, 0.3) is 0 Å². The number of hydrogen-bond donors (Lipinski definition) is 0. The molecule has 0 aromatic carbocycles. The van der Waals surface area contributed by atoms with E-state index in [0.29, 0.717) is 17.3 Å². The van der Waals surface area contributed by atoms with E-state index in [1.165, 1.54) is 12.8 Å². The third-order valence-corrected chi connectivity index (χ3v) is 7.91. The van der Waals surface area contributed by atoms with E-state index in [2.05, 4.69) is 76.3 Å². The van der Waals surface area contributed by atoms with E-state index in [9.17, 15) is 0 Å². The second-order valence-electron chi connectivity index (χ2n) is 9.32. The Morgan fingerprint density at radius 2 is 1.04 bits per heavy atom. The first-order chi connectivity index (χ1) is 11.0. The van der Waals surface area contributed by atoms with Gasteiger partial charge in [0, 0.05) is 0 Å². The number of fused-ring (bicyclic) bond motifs is 3. The fourth-order valence-corrected chi connectivity index (χ4v) is 6.36. The van der Waals surface area contributed by atoms with E-state index in [1.54, 1.807) is 0 Å². The van der Waals surface area contributed by atoms with E-state index in [4.69, 9.17) is 0 Å². The average Bonchev–Trinajstić information content (AvgIpc) is 3.06. The highest BCUT2D eigenvalue weighted by atomic mass is 14.6. The Balaban J connectivity index is 1.69. The lowest BCUT2D eigenvalue weighted by atomic mass is 9.61. The fourth-order valence-electron chi connectivity index (χ4n) is 6.36. The molecule has 124 valence electrons. The van der Waals surface area contributed by atoms with E-state index in [-0.39, 0.29) is 0 Å². The lowest BCUT2D eigenvalue weighted by Crippen LogP contribution is -2.37. The summed E-state index contributed by atoms with van der Waals surface area (Å²) in [5.74, 6) is 6.34. The third kappa shape index (κ3) is 2.32. The summed E-state index contributed by atoms with van der Waals surface area (Å²) < 4.78 is 0. The zero-order valence-corrected chi connectivity index (χ0v) is 15.2. The van der Waals surface area contributed by atoms with Gasteiger partial charge in [-0.1, -0.05) is 76.3 Å². The van der Waals surface area contributed by atoms with Crippen molar-refractivity contribution < 1.29 is 0 Å². The summed E-state index contributed by atoms with van der Waals surface area (Å²) in [7, 11) is 0. The van der Waals surface area contributed by atoms with Gasteiger partial charge in [-0.15, -0.1) is 0 Å². The normalized spacial score (nSPS) is 47.8. The lowest BCUT2D eigenvalue weighted by molar-refractivity contribution is 0.0719. The minimum atomic E-state index is 0.423. The lowest BCUT2D eigenvalue weighted by Gasteiger charge is -2.43. The molecule has 6 unspecified atom stereocenters. The van der Waals surface area contributed by atoms with Crippen molar-refractivity contribution in [3.63, 3.8) is 0 Å². The van der Waals surface area contributed by atoms with Crippen LogP contribution in [0.2, 0.25) is 0 Å². The van der Waals surface area contributed by atoms with Crippen LogP contribution in [0.25, 0.3) is 0 Å². The Morgan fingerprint density at radius 3 is 1.48 bits per heavy atom. The van der Waals surface area contributed by atoms with Gasteiger partial charge in [-0.25, -0.2) is 0 Å². The SMILES string of the molecule is CC1CC(C(C)(C)C2C3C=CC=CC3C3C=CC=CC32)CC1C. The molecule has 4 aliphatic carbocycles. The molecule has 6 atom stereocenters. The predicted octanol–water partition coefficient (Wildman–Crippen LogP) is 6.04. The van der Waals surface area contributed by atoms with Gasteiger partial charge in [0.2, 0.25) is 0 Å². The molecule has 4 aliphatic rings. The molecule has 0 spiro atoms. The van der Waals surface area contributed by atoms with Crippen molar-refractivity contribution in [1.29, 1.82) is 0 Å². The summed E-state index contributed by atoms with van der Waals surface area (Å²) in [5.41, 5.74) is 0.423. The number of hydrogen-bond acceptors (Lipinski definition) is 0. The fraction of sp³-hybridized carbons (Fsp3) is 0.652. The largest absolute Gasteiger partial charge is 0.0805 e. The minimum Gasteiger partial charge on any atom is -0.0805 e. The highest BCUT2D eigenvalue weighted by Crippen LogP contribution is 2.61. The quantitative estimate of drug-likeness (QED) is 0.583. The van der Waals surface area contributed by atoms with Gasteiger partial charge < -0.3 is 0 Å². The molecular formula is C23H32. The topological polar surface area (TPSA) is 0 Å². The number of allylic oxidation sites excluding steroid dienone is 8. The average molecular weight is 309 g/mol. The highest BCUT2D eigenvalue weighted by Gasteiger charge is 2.55. The molecule has 2 saturated carbocycles. The Kier molecular flexibility index (Phi) is 3.70. The van der Waals surface area contributed by atoms with Gasteiger partial charge in [-0.05, 0) is 65.6 Å². The first-order valence-electron chi connectivity index (χ1n) is 9.70. The maximum Gasteiger partial charge on any atom is -0.00954 e. The van der Waals surface area contributed by atoms with Crippen molar-refractivity contribution >= 4 is 0 Å². The van der Waals surface area contributed by atoms with Crippen LogP contribution in [0.3, 0.4) is 0 Å². The second kappa shape index (κ2) is 5.50. The molecule has 4 rings (SSSR count). The third-order valence-electron chi connectivity index (χ3n) is 7.91. The van der Waals surface area contributed by atoms with Crippen LogP contribution in [0, 0.1) is 52.8 Å². The van der Waals surface area contributed by atoms with Crippen LogP contribution in [0.4, 0.5) is 0 Å². The van der Waals surface area contributed by atoms with E-state index in [1.807, 2.05) is 0 Å². The summed E-state index contributed by atoms with van der Waals surface area (Å²) in [6.45, 7) is 10.1. The maximum absolute atomic E-state index is 2.59. The van der Waals surface area contributed by atoms with Crippen LogP contribution in [0.15, 0.2) is 48.6 Å². The number of rotatable bonds is 2. The van der Waals surface area contributed by atoms with Gasteiger partial charge in [0.05, 0.1) is 0 Å². The summed E-state index contributed by atoms with van der Waals surface area (Å²) in [4.78, 5) is 0. The summed E-state index contributed by atoms with van der Waals surface area (Å²) in [5, 5.41) is 0. The van der Waals surface area contributed by atoms with Crippen LogP contribution in [0.5, 0.6) is 0 Å². The van der Waals surface area contributed by atoms with Crippen molar-refractivity contribution in [1.82, 2.24) is 0 Å².